The summed E-state index contributed by atoms with van der Waals surface area (Å²) in [5.41, 5.74) is 1.08. The van der Waals surface area contributed by atoms with Crippen LogP contribution in [0.5, 0.6) is 0 Å². The van der Waals surface area contributed by atoms with E-state index in [-0.39, 0.29) is 0 Å². The summed E-state index contributed by atoms with van der Waals surface area (Å²) in [5, 5.41) is 9.26. The smallest absolute Gasteiger partial charge is 0.322 e. The fourth-order valence-corrected chi connectivity index (χ4v) is 3.21. The maximum Gasteiger partial charge on any atom is 0.322 e. The van der Waals surface area contributed by atoms with E-state index in [0.717, 1.165) is 17.7 Å². The number of benzene rings is 1. The molecule has 0 radical (unpaired) electrons. The van der Waals surface area contributed by atoms with Crippen molar-refractivity contribution in [1.82, 2.24) is 0 Å². The third-order valence-corrected chi connectivity index (χ3v) is 4.48. The second-order valence-corrected chi connectivity index (χ2v) is 5.71. The Morgan fingerprint density at radius 3 is 2.76 bits per heavy atom. The van der Waals surface area contributed by atoms with Crippen LogP contribution in [-0.4, -0.2) is 28.2 Å². The van der Waals surface area contributed by atoms with E-state index < -0.39 is 10.7 Å². The number of thioether (sulfide) groups is 1. The van der Waals surface area contributed by atoms with Crippen LogP contribution in [0, 0.1) is 0 Å². The summed E-state index contributed by atoms with van der Waals surface area (Å²) in [6.45, 7) is 0.776. The Morgan fingerprint density at radius 1 is 1.41 bits per heavy atom. The minimum absolute atomic E-state index is 0.294. The average Bonchev–Trinajstić information content (AvgIpc) is 2.80. The zero-order valence-corrected chi connectivity index (χ0v) is 10.4. The Balaban J connectivity index is 1.87. The molecule has 0 saturated carbocycles. The topological polar surface area (TPSA) is 46.5 Å². The molecule has 3 nitrogen and oxygen atoms in total. The van der Waals surface area contributed by atoms with Crippen LogP contribution in [0.15, 0.2) is 30.3 Å². The first kappa shape index (κ1) is 12.5. The van der Waals surface area contributed by atoms with E-state index in [0.29, 0.717) is 19.6 Å². The van der Waals surface area contributed by atoms with E-state index in [9.17, 15) is 9.90 Å². The first-order valence-electron chi connectivity index (χ1n) is 5.72. The number of carbonyl (C=O) groups is 1. The third-order valence-electron chi connectivity index (χ3n) is 2.94. The van der Waals surface area contributed by atoms with Crippen molar-refractivity contribution in [2.24, 2.45) is 0 Å². The Hall–Kier alpha value is -1.00. The van der Waals surface area contributed by atoms with Gasteiger partial charge in [-0.15, -0.1) is 11.8 Å². The van der Waals surface area contributed by atoms with Crippen LogP contribution in [0.1, 0.15) is 18.4 Å². The molecule has 1 atom stereocenters. The van der Waals surface area contributed by atoms with E-state index in [1.165, 1.54) is 11.8 Å². The number of hydrogen-bond acceptors (Lipinski definition) is 3. The summed E-state index contributed by atoms with van der Waals surface area (Å²) in [7, 11) is 0. The van der Waals surface area contributed by atoms with Crippen molar-refractivity contribution in [3.8, 4) is 0 Å². The zero-order valence-electron chi connectivity index (χ0n) is 9.59. The molecule has 1 N–H and O–H groups in total. The quantitative estimate of drug-likeness (QED) is 0.875. The number of ether oxygens (including phenoxy) is 1. The van der Waals surface area contributed by atoms with Gasteiger partial charge < -0.3 is 9.84 Å². The maximum absolute atomic E-state index is 11.3. The van der Waals surface area contributed by atoms with Crippen molar-refractivity contribution in [2.75, 3.05) is 12.4 Å². The molecule has 1 heterocycles. The molecule has 4 heteroatoms. The number of hydrogen-bond donors (Lipinski definition) is 1. The molecule has 2 rings (SSSR count). The van der Waals surface area contributed by atoms with Crippen LogP contribution in [-0.2, 0) is 16.1 Å². The molecule has 1 fully saturated rings. The molecule has 0 aliphatic carbocycles. The Bertz CT molecular complexity index is 372. The van der Waals surface area contributed by atoms with Crippen molar-refractivity contribution >= 4 is 17.7 Å². The Labute approximate surface area is 105 Å². The highest BCUT2D eigenvalue weighted by molar-refractivity contribution is 8.01. The highest BCUT2D eigenvalue weighted by Crippen LogP contribution is 2.38. The fourth-order valence-electron chi connectivity index (χ4n) is 1.95. The Kier molecular flexibility index (Phi) is 4.07. The van der Waals surface area contributed by atoms with Gasteiger partial charge in [-0.2, -0.15) is 0 Å². The molecule has 17 heavy (non-hydrogen) atoms. The van der Waals surface area contributed by atoms with Crippen LogP contribution in [0.2, 0.25) is 0 Å². The van der Waals surface area contributed by atoms with Crippen LogP contribution in [0.3, 0.4) is 0 Å². The largest absolute Gasteiger partial charge is 0.480 e. The maximum atomic E-state index is 11.3. The summed E-state index contributed by atoms with van der Waals surface area (Å²) in [6, 6.07) is 9.82. The minimum Gasteiger partial charge on any atom is -0.480 e. The molecule has 1 saturated heterocycles. The van der Waals surface area contributed by atoms with Gasteiger partial charge in [-0.25, -0.2) is 0 Å². The predicted octanol–water partition coefficient (Wildman–Crippen LogP) is 2.55. The molecule has 1 aliphatic rings. The molecule has 1 aromatic carbocycles. The molecular weight excluding hydrogens is 236 g/mol. The van der Waals surface area contributed by atoms with E-state index >= 15 is 0 Å². The molecule has 0 bridgehead atoms. The van der Waals surface area contributed by atoms with Gasteiger partial charge in [-0.3, -0.25) is 4.79 Å². The minimum atomic E-state index is -0.743. The van der Waals surface area contributed by atoms with E-state index in [1.54, 1.807) is 0 Å². The van der Waals surface area contributed by atoms with Gasteiger partial charge in [-0.05, 0) is 24.2 Å². The number of carboxylic acids is 1. The summed E-state index contributed by atoms with van der Waals surface area (Å²) in [4.78, 5) is 11.3. The van der Waals surface area contributed by atoms with Crippen LogP contribution in [0.4, 0.5) is 0 Å². The van der Waals surface area contributed by atoms with Crippen LogP contribution in [0.25, 0.3) is 0 Å². The third kappa shape index (κ3) is 3.01. The van der Waals surface area contributed by atoms with Gasteiger partial charge >= 0.3 is 5.97 Å². The molecule has 1 aromatic rings. The van der Waals surface area contributed by atoms with Gasteiger partial charge in [0.15, 0.2) is 0 Å². The molecule has 0 amide bonds. The van der Waals surface area contributed by atoms with Gasteiger partial charge in [0.25, 0.3) is 0 Å². The second kappa shape index (κ2) is 5.56. The number of aliphatic carboxylic acids is 1. The van der Waals surface area contributed by atoms with Crippen molar-refractivity contribution < 1.29 is 14.6 Å². The van der Waals surface area contributed by atoms with Gasteiger partial charge in [0, 0.05) is 0 Å². The lowest BCUT2D eigenvalue weighted by Gasteiger charge is -2.22. The van der Waals surface area contributed by atoms with Gasteiger partial charge in [0.2, 0.25) is 0 Å². The molecular formula is C13H16O3S. The number of rotatable bonds is 5. The van der Waals surface area contributed by atoms with Crippen molar-refractivity contribution in [3.63, 3.8) is 0 Å². The summed E-state index contributed by atoms with van der Waals surface area (Å²) < 4.78 is 4.85. The zero-order chi connectivity index (χ0) is 12.1. The van der Waals surface area contributed by atoms with Gasteiger partial charge in [0.05, 0.1) is 13.2 Å². The molecule has 92 valence electrons. The Morgan fingerprint density at radius 2 is 2.18 bits per heavy atom. The predicted molar refractivity (Wildman–Crippen MR) is 68.2 cm³/mol. The van der Waals surface area contributed by atoms with Gasteiger partial charge in [-0.1, -0.05) is 30.3 Å². The lowest BCUT2D eigenvalue weighted by molar-refractivity contribution is -0.141. The van der Waals surface area contributed by atoms with E-state index in [1.807, 2.05) is 30.3 Å². The molecule has 1 unspecified atom stereocenters. The van der Waals surface area contributed by atoms with Crippen LogP contribution < -0.4 is 0 Å². The lowest BCUT2D eigenvalue weighted by atomic mass is 10.0. The second-order valence-electron chi connectivity index (χ2n) is 4.23. The standard InChI is InChI=1S/C13H16O3S/c14-12(15)13(7-4-8-17-13)10-16-9-11-5-2-1-3-6-11/h1-3,5-6H,4,7-10H2,(H,14,15). The van der Waals surface area contributed by atoms with Crippen molar-refractivity contribution in [2.45, 2.75) is 24.2 Å². The molecule has 0 aromatic heterocycles. The first-order valence-corrected chi connectivity index (χ1v) is 6.70. The highest BCUT2D eigenvalue weighted by Gasteiger charge is 2.42. The molecule has 0 spiro atoms. The van der Waals surface area contributed by atoms with E-state index in [2.05, 4.69) is 0 Å². The fraction of sp³-hybridized carbons (Fsp3) is 0.462. The highest BCUT2D eigenvalue weighted by atomic mass is 32.2. The van der Waals surface area contributed by atoms with Gasteiger partial charge in [0.1, 0.15) is 4.75 Å². The summed E-state index contributed by atoms with van der Waals surface area (Å²) >= 11 is 1.51. The van der Waals surface area contributed by atoms with E-state index in [4.69, 9.17) is 4.74 Å². The SMILES string of the molecule is O=C(O)C1(COCc2ccccc2)CCCS1. The monoisotopic (exact) mass is 252 g/mol. The number of carboxylic acid groups (broad SMARTS) is 1. The summed E-state index contributed by atoms with van der Waals surface area (Å²) in [6.07, 6.45) is 1.67. The van der Waals surface area contributed by atoms with Crippen molar-refractivity contribution in [3.05, 3.63) is 35.9 Å². The molecule has 1 aliphatic heterocycles. The van der Waals surface area contributed by atoms with Crippen LogP contribution >= 0.6 is 11.8 Å². The normalized spacial score (nSPS) is 23.8. The van der Waals surface area contributed by atoms with Crippen molar-refractivity contribution in [1.29, 1.82) is 0 Å². The lowest BCUT2D eigenvalue weighted by Crippen LogP contribution is -2.37. The summed E-state index contributed by atoms with van der Waals surface area (Å²) in [5.74, 6) is 0.175. The average molecular weight is 252 g/mol. The first-order chi connectivity index (χ1) is 8.23.